The highest BCUT2D eigenvalue weighted by Crippen LogP contribution is 2.44. The molecule has 5 rings (SSSR count). The highest BCUT2D eigenvalue weighted by Gasteiger charge is 2.38. The Balaban J connectivity index is 1.73. The SMILES string of the molecule is COC(=O)CC1c2cccc(F)c2N=C(c2ccc(-c3cccc(C)c3)cc2)N1c1cc(C(F)(F)F)ccc1F. The van der Waals surface area contributed by atoms with Gasteiger partial charge < -0.3 is 9.64 Å². The van der Waals surface area contributed by atoms with Crippen molar-refractivity contribution in [3.05, 3.63) is 119 Å². The molecule has 1 aliphatic heterocycles. The van der Waals surface area contributed by atoms with Crippen LogP contribution in [-0.2, 0) is 15.7 Å². The number of ether oxygens (including phenoxy) is 1. The van der Waals surface area contributed by atoms with E-state index in [0.29, 0.717) is 23.8 Å². The van der Waals surface area contributed by atoms with Gasteiger partial charge in [-0.15, -0.1) is 0 Å². The van der Waals surface area contributed by atoms with Gasteiger partial charge >= 0.3 is 12.1 Å². The molecule has 40 heavy (non-hydrogen) atoms. The largest absolute Gasteiger partial charge is 0.469 e. The number of nitrogens with zero attached hydrogens (tertiary/aromatic N) is 2. The molecule has 1 unspecified atom stereocenters. The molecule has 0 saturated heterocycles. The van der Waals surface area contributed by atoms with Gasteiger partial charge in [0.15, 0.2) is 0 Å². The van der Waals surface area contributed by atoms with Crippen LogP contribution in [0.25, 0.3) is 11.1 Å². The number of alkyl halides is 3. The lowest BCUT2D eigenvalue weighted by molar-refractivity contribution is -0.141. The van der Waals surface area contributed by atoms with Gasteiger partial charge in [0.2, 0.25) is 0 Å². The predicted octanol–water partition coefficient (Wildman–Crippen LogP) is 8.16. The minimum Gasteiger partial charge on any atom is -0.469 e. The van der Waals surface area contributed by atoms with E-state index >= 15 is 8.78 Å². The van der Waals surface area contributed by atoms with E-state index in [0.717, 1.165) is 23.8 Å². The van der Waals surface area contributed by atoms with Gasteiger partial charge in [-0.1, -0.05) is 66.2 Å². The van der Waals surface area contributed by atoms with Crippen molar-refractivity contribution in [1.82, 2.24) is 0 Å². The van der Waals surface area contributed by atoms with E-state index in [1.54, 1.807) is 24.3 Å². The molecule has 1 heterocycles. The summed E-state index contributed by atoms with van der Waals surface area (Å²) in [6.07, 6.45) is -5.16. The summed E-state index contributed by atoms with van der Waals surface area (Å²) in [6, 6.07) is 19.7. The first kappa shape index (κ1) is 27.1. The fourth-order valence-corrected chi connectivity index (χ4v) is 4.80. The number of hydrogen-bond acceptors (Lipinski definition) is 4. The first-order valence-electron chi connectivity index (χ1n) is 12.3. The molecule has 1 atom stereocenters. The lowest BCUT2D eigenvalue weighted by Crippen LogP contribution is -2.40. The van der Waals surface area contributed by atoms with Crippen molar-refractivity contribution in [3.8, 4) is 11.1 Å². The molecule has 4 aromatic carbocycles. The molecule has 4 aromatic rings. The second kappa shape index (κ2) is 10.6. The zero-order valence-electron chi connectivity index (χ0n) is 21.5. The third kappa shape index (κ3) is 5.19. The Morgan fingerprint density at radius 1 is 0.875 bits per heavy atom. The van der Waals surface area contributed by atoms with Crippen molar-refractivity contribution in [3.63, 3.8) is 0 Å². The Hall–Kier alpha value is -4.53. The number of carbonyl (C=O) groups excluding carboxylic acids is 1. The number of para-hydroxylation sites is 1. The monoisotopic (exact) mass is 550 g/mol. The molecule has 0 saturated carbocycles. The average Bonchev–Trinajstić information content (AvgIpc) is 2.93. The van der Waals surface area contributed by atoms with Gasteiger partial charge in [-0.3, -0.25) is 4.79 Å². The Bertz CT molecular complexity index is 1610. The van der Waals surface area contributed by atoms with Crippen molar-refractivity contribution >= 4 is 23.2 Å². The molecular weight excluding hydrogens is 527 g/mol. The normalized spacial score (nSPS) is 14.9. The number of fused-ring (bicyclic) bond motifs is 1. The van der Waals surface area contributed by atoms with E-state index in [2.05, 4.69) is 4.99 Å². The van der Waals surface area contributed by atoms with E-state index in [4.69, 9.17) is 4.74 Å². The van der Waals surface area contributed by atoms with E-state index in [1.807, 2.05) is 31.2 Å². The fraction of sp³-hybridized carbons (Fsp3) is 0.161. The number of halogens is 5. The smallest absolute Gasteiger partial charge is 0.416 e. The van der Waals surface area contributed by atoms with Crippen molar-refractivity contribution in [2.24, 2.45) is 4.99 Å². The Morgan fingerprint density at radius 2 is 1.57 bits per heavy atom. The third-order valence-corrected chi connectivity index (χ3v) is 6.75. The van der Waals surface area contributed by atoms with Crippen LogP contribution in [0.2, 0.25) is 0 Å². The number of amidine groups is 1. The van der Waals surface area contributed by atoms with Gasteiger partial charge in [0.1, 0.15) is 23.2 Å². The molecular formula is C31H23F5N2O2. The van der Waals surface area contributed by atoms with Gasteiger partial charge in [0, 0.05) is 11.1 Å². The number of aryl methyl sites for hydroxylation is 1. The number of rotatable bonds is 5. The number of esters is 1. The highest BCUT2D eigenvalue weighted by molar-refractivity contribution is 6.13. The zero-order chi connectivity index (χ0) is 28.6. The van der Waals surface area contributed by atoms with Crippen molar-refractivity contribution in [2.45, 2.75) is 25.6 Å². The van der Waals surface area contributed by atoms with Gasteiger partial charge in [0.25, 0.3) is 0 Å². The van der Waals surface area contributed by atoms with Crippen molar-refractivity contribution < 1.29 is 31.5 Å². The molecule has 0 N–H and O–H groups in total. The molecule has 0 amide bonds. The summed E-state index contributed by atoms with van der Waals surface area (Å²) < 4.78 is 76.3. The first-order valence-corrected chi connectivity index (χ1v) is 12.3. The van der Waals surface area contributed by atoms with Crippen LogP contribution < -0.4 is 4.90 Å². The zero-order valence-corrected chi connectivity index (χ0v) is 21.5. The summed E-state index contributed by atoms with van der Waals surface area (Å²) in [4.78, 5) is 18.2. The molecule has 1 aliphatic rings. The summed E-state index contributed by atoms with van der Waals surface area (Å²) in [6.45, 7) is 1.96. The molecule has 204 valence electrons. The summed E-state index contributed by atoms with van der Waals surface area (Å²) in [7, 11) is 1.16. The maximum Gasteiger partial charge on any atom is 0.416 e. The van der Waals surface area contributed by atoms with E-state index in [9.17, 15) is 18.0 Å². The molecule has 0 fully saturated rings. The number of aliphatic imine (C=N–C) groups is 1. The number of anilines is 1. The van der Waals surface area contributed by atoms with Crippen LogP contribution in [0.5, 0.6) is 0 Å². The summed E-state index contributed by atoms with van der Waals surface area (Å²) in [5.41, 5.74) is 1.83. The van der Waals surface area contributed by atoms with Crippen LogP contribution in [0.4, 0.5) is 33.3 Å². The molecule has 0 spiro atoms. The van der Waals surface area contributed by atoms with Crippen LogP contribution in [-0.4, -0.2) is 18.9 Å². The van der Waals surface area contributed by atoms with Gasteiger partial charge in [-0.05, 0) is 42.3 Å². The van der Waals surface area contributed by atoms with E-state index < -0.39 is 47.5 Å². The molecule has 9 heteroatoms. The van der Waals surface area contributed by atoms with Gasteiger partial charge in [-0.2, -0.15) is 13.2 Å². The van der Waals surface area contributed by atoms with Crippen LogP contribution in [0.15, 0.2) is 89.9 Å². The second-order valence-corrected chi connectivity index (χ2v) is 9.39. The van der Waals surface area contributed by atoms with Crippen molar-refractivity contribution in [1.29, 1.82) is 0 Å². The topological polar surface area (TPSA) is 41.9 Å². The molecule has 0 radical (unpaired) electrons. The van der Waals surface area contributed by atoms with Gasteiger partial charge in [0.05, 0.1) is 30.8 Å². The van der Waals surface area contributed by atoms with Gasteiger partial charge in [-0.25, -0.2) is 13.8 Å². The summed E-state index contributed by atoms with van der Waals surface area (Å²) in [5, 5.41) is 0. The third-order valence-electron chi connectivity index (χ3n) is 6.75. The number of benzene rings is 4. The fourth-order valence-electron chi connectivity index (χ4n) is 4.80. The van der Waals surface area contributed by atoms with Crippen LogP contribution in [0.3, 0.4) is 0 Å². The second-order valence-electron chi connectivity index (χ2n) is 9.39. The maximum atomic E-state index is 15.3. The maximum absolute atomic E-state index is 15.3. The first-order chi connectivity index (χ1) is 19.1. The summed E-state index contributed by atoms with van der Waals surface area (Å²) in [5.74, 6) is -2.38. The van der Waals surface area contributed by atoms with Crippen LogP contribution in [0.1, 0.15) is 34.7 Å². The van der Waals surface area contributed by atoms with Crippen molar-refractivity contribution in [2.75, 3.05) is 12.0 Å². The molecule has 0 bridgehead atoms. The number of carbonyl (C=O) groups is 1. The Morgan fingerprint density at radius 3 is 2.25 bits per heavy atom. The lowest BCUT2D eigenvalue weighted by atomic mass is 9.94. The predicted molar refractivity (Wildman–Crippen MR) is 142 cm³/mol. The van der Waals surface area contributed by atoms with E-state index in [-0.39, 0.29) is 17.1 Å². The quantitative estimate of drug-likeness (QED) is 0.186. The highest BCUT2D eigenvalue weighted by atomic mass is 19.4. The standard InChI is InChI=1S/C31H23F5N2O2/c1-18-5-3-6-21(15-18)19-9-11-20(12-10-19)30-37-29-23(7-4-8-25(29)33)26(17-28(39)40-2)38(30)27-16-22(31(34,35)36)13-14-24(27)32/h3-16,26H,17H2,1-2H3. The number of hydrogen-bond donors (Lipinski definition) is 0. The van der Waals surface area contributed by atoms with E-state index in [1.165, 1.54) is 23.1 Å². The average molecular weight is 551 g/mol. The Kier molecular flexibility index (Phi) is 7.14. The minimum absolute atomic E-state index is 0.0134. The lowest BCUT2D eigenvalue weighted by Gasteiger charge is -2.38. The molecule has 4 nitrogen and oxygen atoms in total. The molecule has 0 aliphatic carbocycles. The van der Waals surface area contributed by atoms with Crippen LogP contribution >= 0.6 is 0 Å². The molecule has 0 aromatic heterocycles. The minimum atomic E-state index is -4.76. The Labute approximate surface area is 227 Å². The van der Waals surface area contributed by atoms with Crippen LogP contribution in [0, 0.1) is 18.6 Å². The summed E-state index contributed by atoms with van der Waals surface area (Å²) >= 11 is 0. The number of methoxy groups -OCH3 is 1.